The van der Waals surface area contributed by atoms with Crippen molar-refractivity contribution in [1.82, 2.24) is 9.97 Å². The molecule has 2 rings (SSSR count). The lowest BCUT2D eigenvalue weighted by molar-refractivity contribution is -0.384. The van der Waals surface area contributed by atoms with Crippen LogP contribution in [0, 0.1) is 10.1 Å². The third-order valence-electron chi connectivity index (χ3n) is 3.45. The van der Waals surface area contributed by atoms with Gasteiger partial charge in [0, 0.05) is 12.6 Å². The van der Waals surface area contributed by atoms with Crippen molar-refractivity contribution in [2.45, 2.75) is 38.6 Å². The van der Waals surface area contributed by atoms with Crippen molar-refractivity contribution < 1.29 is 4.92 Å². The predicted molar refractivity (Wildman–Crippen MR) is 71.8 cm³/mol. The van der Waals surface area contributed by atoms with Gasteiger partial charge in [0.15, 0.2) is 0 Å². The fourth-order valence-corrected chi connectivity index (χ4v) is 2.57. The highest BCUT2D eigenvalue weighted by Gasteiger charge is 2.29. The van der Waals surface area contributed by atoms with E-state index in [1.54, 1.807) is 0 Å². The van der Waals surface area contributed by atoms with Gasteiger partial charge < -0.3 is 4.90 Å². The fraction of sp³-hybridized carbons (Fsp3) is 0.636. The van der Waals surface area contributed by atoms with Crippen molar-refractivity contribution in [2.75, 3.05) is 16.9 Å². The number of anilines is 2. The first-order chi connectivity index (χ1) is 9.17. The third kappa shape index (κ3) is 2.73. The monoisotopic (exact) mass is 266 g/mol. The zero-order valence-corrected chi connectivity index (χ0v) is 10.9. The number of nitro groups is 1. The Morgan fingerprint density at radius 1 is 1.58 bits per heavy atom. The van der Waals surface area contributed by atoms with Crippen molar-refractivity contribution in [1.29, 1.82) is 0 Å². The van der Waals surface area contributed by atoms with Gasteiger partial charge in [-0.25, -0.2) is 10.8 Å². The first-order valence-electron chi connectivity index (χ1n) is 6.42. The second-order valence-electron chi connectivity index (χ2n) is 4.53. The number of nitrogens with two attached hydrogens (primary N) is 1. The van der Waals surface area contributed by atoms with Gasteiger partial charge in [0.05, 0.1) is 4.92 Å². The van der Waals surface area contributed by atoms with Crippen LogP contribution >= 0.6 is 0 Å². The average molecular weight is 266 g/mol. The Kier molecular flexibility index (Phi) is 4.10. The van der Waals surface area contributed by atoms with Crippen LogP contribution in [0.25, 0.3) is 0 Å². The van der Waals surface area contributed by atoms with E-state index in [1.807, 2.05) is 11.8 Å². The molecular weight excluding hydrogens is 248 g/mol. The lowest BCUT2D eigenvalue weighted by Gasteiger charge is -2.28. The van der Waals surface area contributed by atoms with Gasteiger partial charge in [-0.3, -0.25) is 15.5 Å². The van der Waals surface area contributed by atoms with E-state index >= 15 is 0 Å². The molecule has 104 valence electrons. The Morgan fingerprint density at radius 2 is 2.26 bits per heavy atom. The number of hydrogen-bond acceptors (Lipinski definition) is 7. The number of hydrazine groups is 1. The number of hydrogen-bond donors (Lipinski definition) is 2. The smallest absolute Gasteiger partial charge is 0.329 e. The molecule has 0 aromatic carbocycles. The second kappa shape index (κ2) is 5.79. The Hall–Kier alpha value is -1.96. The van der Waals surface area contributed by atoms with Gasteiger partial charge in [-0.15, -0.1) is 0 Å². The molecule has 0 radical (unpaired) electrons. The highest BCUT2D eigenvalue weighted by atomic mass is 16.6. The SMILES string of the molecule is CCN(c1nc(NN)ncc1[N+](=O)[O-])C1CCCC1. The fourth-order valence-electron chi connectivity index (χ4n) is 2.57. The Morgan fingerprint density at radius 3 is 2.79 bits per heavy atom. The van der Waals surface area contributed by atoms with Crippen LogP contribution in [0.4, 0.5) is 17.5 Å². The topological polar surface area (TPSA) is 110 Å². The molecule has 0 amide bonds. The number of aromatic nitrogens is 2. The molecule has 0 saturated heterocycles. The van der Waals surface area contributed by atoms with E-state index in [4.69, 9.17) is 5.84 Å². The van der Waals surface area contributed by atoms with Crippen molar-refractivity contribution >= 4 is 17.5 Å². The van der Waals surface area contributed by atoms with Crippen LogP contribution in [0.1, 0.15) is 32.6 Å². The zero-order valence-electron chi connectivity index (χ0n) is 10.9. The summed E-state index contributed by atoms with van der Waals surface area (Å²) in [7, 11) is 0. The van der Waals surface area contributed by atoms with Gasteiger partial charge in [0.1, 0.15) is 6.20 Å². The molecule has 8 nitrogen and oxygen atoms in total. The largest absolute Gasteiger partial charge is 0.348 e. The van der Waals surface area contributed by atoms with Crippen LogP contribution in [-0.2, 0) is 0 Å². The van der Waals surface area contributed by atoms with E-state index in [0.29, 0.717) is 18.4 Å². The molecule has 3 N–H and O–H groups in total. The van der Waals surface area contributed by atoms with E-state index in [-0.39, 0.29) is 11.6 Å². The van der Waals surface area contributed by atoms with Gasteiger partial charge in [0.2, 0.25) is 11.8 Å². The Labute approximate surface area is 111 Å². The maximum absolute atomic E-state index is 11.1. The van der Waals surface area contributed by atoms with E-state index in [1.165, 1.54) is 6.20 Å². The molecule has 1 aromatic heterocycles. The van der Waals surface area contributed by atoms with Crippen molar-refractivity contribution in [3.05, 3.63) is 16.3 Å². The van der Waals surface area contributed by atoms with E-state index < -0.39 is 4.92 Å². The van der Waals surface area contributed by atoms with Crippen LogP contribution < -0.4 is 16.2 Å². The van der Waals surface area contributed by atoms with E-state index in [0.717, 1.165) is 25.7 Å². The molecule has 1 heterocycles. The van der Waals surface area contributed by atoms with Gasteiger partial charge in [-0.05, 0) is 19.8 Å². The molecule has 1 saturated carbocycles. The molecule has 0 unspecified atom stereocenters. The van der Waals surface area contributed by atoms with E-state index in [9.17, 15) is 10.1 Å². The van der Waals surface area contributed by atoms with Crippen LogP contribution in [0.5, 0.6) is 0 Å². The summed E-state index contributed by atoms with van der Waals surface area (Å²) in [5, 5.41) is 11.1. The van der Waals surface area contributed by atoms with Crippen LogP contribution in [0.3, 0.4) is 0 Å². The molecule has 0 atom stereocenters. The Balaban J connectivity index is 2.40. The van der Waals surface area contributed by atoms with Gasteiger partial charge >= 0.3 is 5.69 Å². The molecule has 1 aromatic rings. The van der Waals surface area contributed by atoms with Gasteiger partial charge in [0.25, 0.3) is 0 Å². The van der Waals surface area contributed by atoms with Crippen molar-refractivity contribution in [3.63, 3.8) is 0 Å². The van der Waals surface area contributed by atoms with Crippen LogP contribution in [-0.4, -0.2) is 27.5 Å². The average Bonchev–Trinajstić information content (AvgIpc) is 2.93. The van der Waals surface area contributed by atoms with Crippen molar-refractivity contribution in [2.24, 2.45) is 5.84 Å². The van der Waals surface area contributed by atoms with Crippen molar-refractivity contribution in [3.8, 4) is 0 Å². The molecule has 0 bridgehead atoms. The lowest BCUT2D eigenvalue weighted by Crippen LogP contribution is -2.34. The highest BCUT2D eigenvalue weighted by Crippen LogP contribution is 2.32. The standard InChI is InChI=1S/C11H18N6O2/c1-2-16(8-5-3-4-6-8)10-9(17(18)19)7-13-11(14-10)15-12/h7-8H,2-6,12H2,1H3,(H,13,14,15). The number of nitrogens with zero attached hydrogens (tertiary/aromatic N) is 4. The summed E-state index contributed by atoms with van der Waals surface area (Å²) in [5.74, 6) is 5.82. The van der Waals surface area contributed by atoms with E-state index in [2.05, 4.69) is 15.4 Å². The quantitative estimate of drug-likeness (QED) is 0.471. The molecule has 1 aliphatic rings. The third-order valence-corrected chi connectivity index (χ3v) is 3.45. The van der Waals surface area contributed by atoms with Crippen LogP contribution in [0.2, 0.25) is 0 Å². The first-order valence-corrected chi connectivity index (χ1v) is 6.42. The molecular formula is C11H18N6O2. The summed E-state index contributed by atoms with van der Waals surface area (Å²) < 4.78 is 0. The highest BCUT2D eigenvalue weighted by molar-refractivity contribution is 5.59. The predicted octanol–water partition coefficient (Wildman–Crippen LogP) is 1.44. The number of nitrogen functional groups attached to an aromatic ring is 1. The molecule has 0 spiro atoms. The summed E-state index contributed by atoms with van der Waals surface area (Å²) in [6.45, 7) is 2.65. The minimum absolute atomic E-state index is 0.0762. The summed E-state index contributed by atoms with van der Waals surface area (Å²) in [6, 6.07) is 0.309. The maximum Gasteiger partial charge on any atom is 0.329 e. The second-order valence-corrected chi connectivity index (χ2v) is 4.53. The molecule has 1 aliphatic carbocycles. The summed E-state index contributed by atoms with van der Waals surface area (Å²) in [4.78, 5) is 20.6. The van der Waals surface area contributed by atoms with Crippen LogP contribution in [0.15, 0.2) is 6.20 Å². The van der Waals surface area contributed by atoms with Gasteiger partial charge in [-0.2, -0.15) is 4.98 Å². The normalized spacial score (nSPS) is 15.5. The first kappa shape index (κ1) is 13.5. The summed E-state index contributed by atoms with van der Waals surface area (Å²) in [5.41, 5.74) is 2.26. The number of rotatable bonds is 5. The Bertz CT molecular complexity index is 460. The minimum Gasteiger partial charge on any atom is -0.348 e. The summed E-state index contributed by atoms with van der Waals surface area (Å²) in [6.07, 6.45) is 5.60. The number of nitrogens with one attached hydrogen (secondary N) is 1. The molecule has 0 aliphatic heterocycles. The molecule has 1 fully saturated rings. The van der Waals surface area contributed by atoms with Gasteiger partial charge in [-0.1, -0.05) is 12.8 Å². The molecule has 19 heavy (non-hydrogen) atoms. The maximum atomic E-state index is 11.1. The minimum atomic E-state index is -0.451. The lowest BCUT2D eigenvalue weighted by atomic mass is 10.2. The summed E-state index contributed by atoms with van der Waals surface area (Å²) >= 11 is 0. The zero-order chi connectivity index (χ0) is 13.8. The molecule has 8 heteroatoms.